The Morgan fingerprint density at radius 2 is 2.20 bits per heavy atom. The van der Waals surface area contributed by atoms with E-state index in [1.54, 1.807) is 18.2 Å². The predicted octanol–water partition coefficient (Wildman–Crippen LogP) is 1.50. The van der Waals surface area contributed by atoms with Crippen molar-refractivity contribution < 1.29 is 15.0 Å². The fourth-order valence-electron chi connectivity index (χ4n) is 1.28. The van der Waals surface area contributed by atoms with E-state index in [0.29, 0.717) is 10.9 Å². The zero-order valence-electron chi connectivity index (χ0n) is 7.98. The van der Waals surface area contributed by atoms with Crippen LogP contribution in [0.15, 0.2) is 22.7 Å². The summed E-state index contributed by atoms with van der Waals surface area (Å²) < 4.78 is 0.586. The lowest BCUT2D eigenvalue weighted by Crippen LogP contribution is -2.26. The van der Waals surface area contributed by atoms with Crippen molar-refractivity contribution in [1.29, 1.82) is 0 Å². The van der Waals surface area contributed by atoms with Gasteiger partial charge in [-0.25, -0.2) is 0 Å². The molecule has 15 heavy (non-hydrogen) atoms. The maximum atomic E-state index is 10.4. The standard InChI is InChI=1S/C10H12BrNO3/c11-8-4-6(1-2-9(8)13)3-7(12)5-10(14)15/h1-2,4,7,13H,3,5,12H2,(H,14,15)/t7-/m0/s1. The molecule has 1 aromatic rings. The fourth-order valence-corrected chi connectivity index (χ4v) is 1.70. The average Bonchev–Trinajstić information content (AvgIpc) is 2.10. The number of hydrogen-bond donors (Lipinski definition) is 3. The summed E-state index contributed by atoms with van der Waals surface area (Å²) in [5.41, 5.74) is 6.53. The van der Waals surface area contributed by atoms with Crippen molar-refractivity contribution in [2.45, 2.75) is 18.9 Å². The molecule has 1 aromatic carbocycles. The van der Waals surface area contributed by atoms with Crippen LogP contribution in [-0.4, -0.2) is 22.2 Å². The van der Waals surface area contributed by atoms with Gasteiger partial charge in [0, 0.05) is 6.04 Å². The largest absolute Gasteiger partial charge is 0.507 e. The molecule has 0 aromatic heterocycles. The minimum atomic E-state index is -0.902. The van der Waals surface area contributed by atoms with Gasteiger partial charge in [0.2, 0.25) is 0 Å². The molecule has 4 nitrogen and oxygen atoms in total. The van der Waals surface area contributed by atoms with Gasteiger partial charge in [-0.2, -0.15) is 0 Å². The lowest BCUT2D eigenvalue weighted by atomic mass is 10.0. The zero-order chi connectivity index (χ0) is 11.4. The third-order valence-electron chi connectivity index (χ3n) is 1.95. The number of phenolic OH excluding ortho intramolecular Hbond substituents is 1. The molecule has 1 rings (SSSR count). The van der Waals surface area contributed by atoms with Gasteiger partial charge in [0.1, 0.15) is 5.75 Å². The van der Waals surface area contributed by atoms with Crippen molar-refractivity contribution in [2.24, 2.45) is 5.73 Å². The number of carboxylic acids is 1. The van der Waals surface area contributed by atoms with Crippen molar-refractivity contribution in [3.05, 3.63) is 28.2 Å². The number of carboxylic acid groups (broad SMARTS) is 1. The first-order valence-corrected chi connectivity index (χ1v) is 5.23. The Bertz CT molecular complexity index is 368. The second-order valence-electron chi connectivity index (χ2n) is 3.35. The molecular weight excluding hydrogens is 262 g/mol. The van der Waals surface area contributed by atoms with E-state index in [-0.39, 0.29) is 12.2 Å². The maximum Gasteiger partial charge on any atom is 0.304 e. The first-order valence-electron chi connectivity index (χ1n) is 4.44. The Morgan fingerprint density at radius 1 is 1.53 bits per heavy atom. The zero-order valence-corrected chi connectivity index (χ0v) is 9.57. The van der Waals surface area contributed by atoms with Crippen LogP contribution < -0.4 is 5.73 Å². The summed E-state index contributed by atoms with van der Waals surface area (Å²) in [7, 11) is 0. The molecule has 0 spiro atoms. The number of carbonyl (C=O) groups is 1. The Morgan fingerprint density at radius 3 is 2.73 bits per heavy atom. The van der Waals surface area contributed by atoms with Gasteiger partial charge >= 0.3 is 5.97 Å². The number of nitrogens with two attached hydrogens (primary N) is 1. The van der Waals surface area contributed by atoms with E-state index in [0.717, 1.165) is 5.56 Å². The predicted molar refractivity (Wildman–Crippen MR) is 59.7 cm³/mol. The van der Waals surface area contributed by atoms with Crippen molar-refractivity contribution in [2.75, 3.05) is 0 Å². The lowest BCUT2D eigenvalue weighted by molar-refractivity contribution is -0.137. The van der Waals surface area contributed by atoms with Gasteiger partial charge in [0.15, 0.2) is 0 Å². The van der Waals surface area contributed by atoms with Crippen LogP contribution in [0.2, 0.25) is 0 Å². The van der Waals surface area contributed by atoms with Gasteiger partial charge in [0.25, 0.3) is 0 Å². The first kappa shape index (κ1) is 12.0. The van der Waals surface area contributed by atoms with Crippen LogP contribution in [0.1, 0.15) is 12.0 Å². The van der Waals surface area contributed by atoms with Gasteiger partial charge in [-0.15, -0.1) is 0 Å². The molecule has 0 amide bonds. The van der Waals surface area contributed by atoms with E-state index in [1.807, 2.05) is 0 Å². The average molecular weight is 274 g/mol. The molecule has 4 N–H and O–H groups in total. The van der Waals surface area contributed by atoms with E-state index in [2.05, 4.69) is 15.9 Å². The highest BCUT2D eigenvalue weighted by atomic mass is 79.9. The molecule has 82 valence electrons. The van der Waals surface area contributed by atoms with E-state index >= 15 is 0 Å². The van der Waals surface area contributed by atoms with Crippen molar-refractivity contribution >= 4 is 21.9 Å². The van der Waals surface area contributed by atoms with E-state index in [1.165, 1.54) is 0 Å². The molecule has 0 fully saturated rings. The van der Waals surface area contributed by atoms with Crippen LogP contribution in [0.4, 0.5) is 0 Å². The van der Waals surface area contributed by atoms with Crippen LogP contribution in [0, 0.1) is 0 Å². The highest BCUT2D eigenvalue weighted by Crippen LogP contribution is 2.24. The minimum Gasteiger partial charge on any atom is -0.507 e. The SMILES string of the molecule is N[C@H](CC(=O)O)Cc1ccc(O)c(Br)c1. The van der Waals surface area contributed by atoms with Crippen LogP contribution in [0.25, 0.3) is 0 Å². The van der Waals surface area contributed by atoms with Crippen molar-refractivity contribution in [1.82, 2.24) is 0 Å². The summed E-state index contributed by atoms with van der Waals surface area (Å²) >= 11 is 3.18. The molecule has 0 aliphatic rings. The number of benzene rings is 1. The van der Waals surface area contributed by atoms with Crippen LogP contribution in [0.3, 0.4) is 0 Å². The van der Waals surface area contributed by atoms with E-state index in [9.17, 15) is 9.90 Å². The maximum absolute atomic E-state index is 10.4. The number of aliphatic carboxylic acids is 1. The summed E-state index contributed by atoms with van der Waals surface area (Å²) in [5.74, 6) is -0.745. The molecule has 1 atom stereocenters. The minimum absolute atomic E-state index is 0.0570. The fraction of sp³-hybridized carbons (Fsp3) is 0.300. The summed E-state index contributed by atoms with van der Waals surface area (Å²) in [4.78, 5) is 10.4. The summed E-state index contributed by atoms with van der Waals surface area (Å²) in [5, 5.41) is 17.8. The number of aromatic hydroxyl groups is 1. The quantitative estimate of drug-likeness (QED) is 0.776. The molecule has 0 bridgehead atoms. The van der Waals surface area contributed by atoms with Crippen molar-refractivity contribution in [3.63, 3.8) is 0 Å². The lowest BCUT2D eigenvalue weighted by Gasteiger charge is -2.09. The smallest absolute Gasteiger partial charge is 0.304 e. The number of halogens is 1. The molecular formula is C10H12BrNO3. The second-order valence-corrected chi connectivity index (χ2v) is 4.20. The number of rotatable bonds is 4. The highest BCUT2D eigenvalue weighted by molar-refractivity contribution is 9.10. The summed E-state index contributed by atoms with van der Waals surface area (Å²) in [6, 6.07) is 4.60. The Kier molecular flexibility index (Phi) is 4.11. The van der Waals surface area contributed by atoms with E-state index in [4.69, 9.17) is 10.8 Å². The third kappa shape index (κ3) is 3.89. The van der Waals surface area contributed by atoms with Crippen LogP contribution in [0.5, 0.6) is 5.75 Å². The molecule has 0 saturated carbocycles. The molecule has 0 heterocycles. The molecule has 0 aliphatic heterocycles. The molecule has 0 unspecified atom stereocenters. The normalized spacial score (nSPS) is 12.4. The summed E-state index contributed by atoms with van der Waals surface area (Å²) in [6.45, 7) is 0. The van der Waals surface area contributed by atoms with Gasteiger partial charge in [0.05, 0.1) is 10.9 Å². The highest BCUT2D eigenvalue weighted by Gasteiger charge is 2.09. The molecule has 0 aliphatic carbocycles. The first-order chi connectivity index (χ1) is 6.99. The summed E-state index contributed by atoms with van der Waals surface area (Å²) in [6.07, 6.45) is 0.420. The van der Waals surface area contributed by atoms with Gasteiger partial charge in [-0.1, -0.05) is 6.07 Å². The van der Waals surface area contributed by atoms with Gasteiger partial charge < -0.3 is 15.9 Å². The molecule has 5 heteroatoms. The second kappa shape index (κ2) is 5.14. The monoisotopic (exact) mass is 273 g/mol. The van der Waals surface area contributed by atoms with Gasteiger partial charge in [-0.05, 0) is 40.0 Å². The number of phenols is 1. The van der Waals surface area contributed by atoms with E-state index < -0.39 is 12.0 Å². The molecule has 0 radical (unpaired) electrons. The Balaban J connectivity index is 2.64. The van der Waals surface area contributed by atoms with Gasteiger partial charge in [-0.3, -0.25) is 4.79 Å². The molecule has 0 saturated heterocycles. The number of hydrogen-bond acceptors (Lipinski definition) is 3. The van der Waals surface area contributed by atoms with Crippen LogP contribution in [-0.2, 0) is 11.2 Å². The Hall–Kier alpha value is -1.07. The third-order valence-corrected chi connectivity index (χ3v) is 2.58. The topological polar surface area (TPSA) is 83.6 Å². The van der Waals surface area contributed by atoms with Crippen LogP contribution >= 0.6 is 15.9 Å². The Labute approximate surface area is 95.8 Å². The van der Waals surface area contributed by atoms with Crippen molar-refractivity contribution in [3.8, 4) is 5.75 Å².